The number of carboxylic acid groups (broad SMARTS) is 1. The summed E-state index contributed by atoms with van der Waals surface area (Å²) in [4.78, 5) is 14.9. The number of rotatable bonds is 3. The van der Waals surface area contributed by atoms with E-state index >= 15 is 0 Å². The molecule has 1 aliphatic heterocycles. The lowest BCUT2D eigenvalue weighted by molar-refractivity contribution is 0.0694. The number of hydrogen-bond donors (Lipinski definition) is 1. The minimum absolute atomic E-state index is 0.459. The van der Waals surface area contributed by atoms with Crippen LogP contribution in [0.25, 0.3) is 0 Å². The molecule has 0 aliphatic carbocycles. The zero-order valence-electron chi connectivity index (χ0n) is 10.8. The molecular formula is C15H14BrNO2S. The Labute approximate surface area is 130 Å². The molecule has 20 heavy (non-hydrogen) atoms. The Morgan fingerprint density at radius 3 is 2.90 bits per heavy atom. The van der Waals surface area contributed by atoms with Crippen molar-refractivity contribution in [2.24, 2.45) is 0 Å². The molecule has 3 nitrogen and oxygen atoms in total. The summed E-state index contributed by atoms with van der Waals surface area (Å²) in [6, 6.07) is 9.79. The number of carbonyl (C=O) groups is 1. The normalized spacial score (nSPS) is 15.1. The van der Waals surface area contributed by atoms with Crippen molar-refractivity contribution in [2.45, 2.75) is 19.5 Å². The summed E-state index contributed by atoms with van der Waals surface area (Å²) in [6.45, 7) is 2.66. The Balaban J connectivity index is 1.79. The van der Waals surface area contributed by atoms with Gasteiger partial charge in [0.15, 0.2) is 0 Å². The fraction of sp³-hybridized carbons (Fsp3) is 0.267. The molecule has 0 bridgehead atoms. The fourth-order valence-electron chi connectivity index (χ4n) is 2.66. The molecule has 0 amide bonds. The Morgan fingerprint density at radius 2 is 2.20 bits per heavy atom. The first kappa shape index (κ1) is 13.8. The molecule has 3 rings (SSSR count). The number of carboxylic acids is 1. The third-order valence-corrected chi connectivity index (χ3v) is 5.19. The van der Waals surface area contributed by atoms with Crippen LogP contribution in [0.3, 0.4) is 0 Å². The van der Waals surface area contributed by atoms with Gasteiger partial charge in [0.2, 0.25) is 0 Å². The molecular weight excluding hydrogens is 338 g/mol. The quantitative estimate of drug-likeness (QED) is 0.914. The van der Waals surface area contributed by atoms with Crippen LogP contribution in [0.1, 0.15) is 26.4 Å². The highest BCUT2D eigenvalue weighted by Crippen LogP contribution is 2.27. The predicted octanol–water partition coefficient (Wildman–Crippen LogP) is 3.77. The molecule has 0 radical (unpaired) electrons. The van der Waals surface area contributed by atoms with Crippen LogP contribution in [0, 0.1) is 0 Å². The van der Waals surface area contributed by atoms with E-state index in [1.54, 1.807) is 17.4 Å². The highest BCUT2D eigenvalue weighted by Gasteiger charge is 2.21. The van der Waals surface area contributed by atoms with Crippen molar-refractivity contribution in [3.63, 3.8) is 0 Å². The molecule has 2 heterocycles. The molecule has 2 aromatic rings. The largest absolute Gasteiger partial charge is 0.478 e. The van der Waals surface area contributed by atoms with Crippen LogP contribution in [0.2, 0.25) is 0 Å². The molecule has 1 aromatic carbocycles. The van der Waals surface area contributed by atoms with Crippen LogP contribution in [-0.2, 0) is 19.5 Å². The van der Waals surface area contributed by atoms with Gasteiger partial charge in [0.25, 0.3) is 0 Å². The lowest BCUT2D eigenvalue weighted by Gasteiger charge is -2.29. The van der Waals surface area contributed by atoms with E-state index in [9.17, 15) is 9.90 Å². The summed E-state index contributed by atoms with van der Waals surface area (Å²) in [7, 11) is 0. The van der Waals surface area contributed by atoms with Crippen molar-refractivity contribution in [3.8, 4) is 0 Å². The number of fused-ring (bicyclic) bond motifs is 1. The minimum Gasteiger partial charge on any atom is -0.478 e. The van der Waals surface area contributed by atoms with E-state index < -0.39 is 5.97 Å². The molecule has 0 unspecified atom stereocenters. The highest BCUT2D eigenvalue weighted by molar-refractivity contribution is 9.11. The van der Waals surface area contributed by atoms with Gasteiger partial charge in [-0.2, -0.15) is 0 Å². The first-order valence-electron chi connectivity index (χ1n) is 6.44. The summed E-state index contributed by atoms with van der Waals surface area (Å²) >= 11 is 5.23. The minimum atomic E-state index is -0.822. The van der Waals surface area contributed by atoms with E-state index in [1.807, 2.05) is 12.1 Å². The number of hydrogen-bond acceptors (Lipinski definition) is 3. The van der Waals surface area contributed by atoms with Crippen molar-refractivity contribution in [2.75, 3.05) is 6.54 Å². The Morgan fingerprint density at radius 1 is 1.35 bits per heavy atom. The molecule has 0 fully saturated rings. The molecule has 0 atom stereocenters. The van der Waals surface area contributed by atoms with Crippen molar-refractivity contribution >= 4 is 33.2 Å². The van der Waals surface area contributed by atoms with Crippen LogP contribution >= 0.6 is 27.3 Å². The molecule has 0 saturated heterocycles. The van der Waals surface area contributed by atoms with E-state index in [0.29, 0.717) is 5.56 Å². The topological polar surface area (TPSA) is 40.5 Å². The molecule has 0 spiro atoms. The smallest absolute Gasteiger partial charge is 0.335 e. The highest BCUT2D eigenvalue weighted by atomic mass is 79.9. The summed E-state index contributed by atoms with van der Waals surface area (Å²) in [5.74, 6) is -0.822. The maximum atomic E-state index is 11.2. The van der Waals surface area contributed by atoms with Gasteiger partial charge in [0.1, 0.15) is 0 Å². The van der Waals surface area contributed by atoms with Gasteiger partial charge >= 0.3 is 5.97 Å². The number of nitrogens with zero attached hydrogens (tertiary/aromatic N) is 1. The Hall–Kier alpha value is -1.17. The number of benzene rings is 1. The standard InChI is InChI=1S/C15H14BrNO2S/c16-14-5-4-11(20-14)9-17-7-6-12-10(8-17)2-1-3-13(12)15(18)19/h1-5H,6-9H2,(H,18,19). The summed E-state index contributed by atoms with van der Waals surface area (Å²) in [5.41, 5.74) is 2.61. The summed E-state index contributed by atoms with van der Waals surface area (Å²) in [5, 5.41) is 9.23. The van der Waals surface area contributed by atoms with Gasteiger partial charge < -0.3 is 5.11 Å². The molecule has 1 aromatic heterocycles. The van der Waals surface area contributed by atoms with E-state index in [2.05, 4.69) is 33.0 Å². The van der Waals surface area contributed by atoms with Crippen molar-refractivity contribution in [1.82, 2.24) is 4.90 Å². The molecule has 1 aliphatic rings. The first-order valence-corrected chi connectivity index (χ1v) is 8.05. The predicted molar refractivity (Wildman–Crippen MR) is 83.2 cm³/mol. The van der Waals surface area contributed by atoms with Gasteiger partial charge in [-0.05, 0) is 51.7 Å². The maximum absolute atomic E-state index is 11.2. The average Bonchev–Trinajstić information content (AvgIpc) is 2.83. The number of thiophene rings is 1. The fourth-order valence-corrected chi connectivity index (χ4v) is 4.19. The van der Waals surface area contributed by atoms with Gasteiger partial charge in [0, 0.05) is 24.5 Å². The van der Waals surface area contributed by atoms with Gasteiger partial charge in [-0.1, -0.05) is 12.1 Å². The average molecular weight is 352 g/mol. The van der Waals surface area contributed by atoms with Crippen LogP contribution < -0.4 is 0 Å². The number of halogens is 1. The van der Waals surface area contributed by atoms with Gasteiger partial charge in [0.05, 0.1) is 9.35 Å². The van der Waals surface area contributed by atoms with Crippen LogP contribution in [0.15, 0.2) is 34.1 Å². The van der Waals surface area contributed by atoms with Crippen molar-refractivity contribution in [3.05, 3.63) is 55.7 Å². The van der Waals surface area contributed by atoms with Gasteiger partial charge in [-0.3, -0.25) is 4.90 Å². The molecule has 0 saturated carbocycles. The molecule has 1 N–H and O–H groups in total. The second-order valence-corrected chi connectivity index (χ2v) is 7.46. The SMILES string of the molecule is O=C(O)c1cccc2c1CCN(Cc1ccc(Br)s1)C2. The Kier molecular flexibility index (Phi) is 3.92. The van der Waals surface area contributed by atoms with Gasteiger partial charge in [-0.15, -0.1) is 11.3 Å². The monoisotopic (exact) mass is 351 g/mol. The van der Waals surface area contributed by atoms with Crippen LogP contribution in [-0.4, -0.2) is 22.5 Å². The van der Waals surface area contributed by atoms with Crippen molar-refractivity contribution in [1.29, 1.82) is 0 Å². The Bertz CT molecular complexity index is 653. The van der Waals surface area contributed by atoms with Crippen molar-refractivity contribution < 1.29 is 9.90 Å². The van der Waals surface area contributed by atoms with Crippen LogP contribution in [0.4, 0.5) is 0 Å². The third kappa shape index (κ3) is 2.80. The first-order chi connectivity index (χ1) is 9.63. The van der Waals surface area contributed by atoms with E-state index in [4.69, 9.17) is 0 Å². The third-order valence-electron chi connectivity index (χ3n) is 3.58. The number of aromatic carboxylic acids is 1. The van der Waals surface area contributed by atoms with Crippen LogP contribution in [0.5, 0.6) is 0 Å². The van der Waals surface area contributed by atoms with E-state index in [1.165, 1.54) is 4.88 Å². The molecule has 104 valence electrons. The lowest BCUT2D eigenvalue weighted by atomic mass is 9.94. The van der Waals surface area contributed by atoms with Gasteiger partial charge in [-0.25, -0.2) is 4.79 Å². The summed E-state index contributed by atoms with van der Waals surface area (Å²) < 4.78 is 1.15. The maximum Gasteiger partial charge on any atom is 0.335 e. The van der Waals surface area contributed by atoms with E-state index in [0.717, 1.165) is 41.0 Å². The summed E-state index contributed by atoms with van der Waals surface area (Å²) in [6.07, 6.45) is 0.810. The zero-order chi connectivity index (χ0) is 14.1. The lowest BCUT2D eigenvalue weighted by Crippen LogP contribution is -2.30. The van der Waals surface area contributed by atoms with E-state index in [-0.39, 0.29) is 0 Å². The molecule has 5 heteroatoms. The zero-order valence-corrected chi connectivity index (χ0v) is 13.2. The second kappa shape index (κ2) is 5.68. The second-order valence-electron chi connectivity index (χ2n) is 4.91.